The molecule has 0 aromatic rings. The van der Waals surface area contributed by atoms with Crippen molar-refractivity contribution in [1.82, 2.24) is 0 Å². The molecule has 0 spiro atoms. The van der Waals surface area contributed by atoms with Crippen LogP contribution < -0.4 is 0 Å². The van der Waals surface area contributed by atoms with Crippen LogP contribution in [0.5, 0.6) is 0 Å². The topological polar surface area (TPSA) is 18.5 Å². The van der Waals surface area contributed by atoms with Gasteiger partial charge in [0.1, 0.15) is 0 Å². The molecule has 0 aliphatic carbocycles. The van der Waals surface area contributed by atoms with Gasteiger partial charge in [-0.25, -0.2) is 0 Å². The first kappa shape index (κ1) is 11.7. The molecule has 0 amide bonds. The van der Waals surface area contributed by atoms with Gasteiger partial charge in [-0.1, -0.05) is 26.0 Å². The highest BCUT2D eigenvalue weighted by Crippen LogP contribution is 2.12. The van der Waals surface area contributed by atoms with Crippen LogP contribution >= 0.6 is 0 Å². The van der Waals surface area contributed by atoms with Crippen molar-refractivity contribution in [2.75, 3.05) is 14.2 Å². The van der Waals surface area contributed by atoms with Crippen LogP contribution in [-0.4, -0.2) is 20.5 Å². The van der Waals surface area contributed by atoms with Crippen LogP contribution in [0.3, 0.4) is 0 Å². The molecule has 0 heterocycles. The third-order valence-corrected chi connectivity index (χ3v) is 1.84. The molecule has 72 valence electrons. The van der Waals surface area contributed by atoms with E-state index in [1.165, 1.54) is 0 Å². The Hall–Kier alpha value is -0.340. The molecule has 1 atom stereocenters. The predicted molar refractivity (Wildman–Crippen MR) is 51.0 cm³/mol. The molecule has 1 unspecified atom stereocenters. The molecular weight excluding hydrogens is 152 g/mol. The maximum Gasteiger partial charge on any atom is 0.159 e. The molecule has 0 aliphatic heterocycles. The summed E-state index contributed by atoms with van der Waals surface area (Å²) in [7, 11) is 3.35. The fraction of sp³-hybridized carbons (Fsp3) is 0.800. The highest BCUT2D eigenvalue weighted by atomic mass is 16.7. The van der Waals surface area contributed by atoms with E-state index in [0.29, 0.717) is 5.92 Å². The Kier molecular flexibility index (Phi) is 7.11. The molecule has 0 rings (SSSR count). The van der Waals surface area contributed by atoms with Gasteiger partial charge in [-0.15, -0.1) is 0 Å². The first-order chi connectivity index (χ1) is 5.76. The van der Waals surface area contributed by atoms with Crippen molar-refractivity contribution >= 4 is 0 Å². The Morgan fingerprint density at radius 1 is 1.17 bits per heavy atom. The van der Waals surface area contributed by atoms with Crippen LogP contribution in [0.4, 0.5) is 0 Å². The van der Waals surface area contributed by atoms with Gasteiger partial charge in [-0.3, -0.25) is 0 Å². The van der Waals surface area contributed by atoms with E-state index in [-0.39, 0.29) is 6.29 Å². The Bertz CT molecular complexity index is 117. The van der Waals surface area contributed by atoms with Crippen LogP contribution in [0.1, 0.15) is 26.7 Å². The summed E-state index contributed by atoms with van der Waals surface area (Å²) in [6, 6.07) is 0. The minimum Gasteiger partial charge on any atom is -0.356 e. The van der Waals surface area contributed by atoms with Gasteiger partial charge >= 0.3 is 0 Å². The maximum absolute atomic E-state index is 5.14. The van der Waals surface area contributed by atoms with Crippen molar-refractivity contribution < 1.29 is 9.47 Å². The van der Waals surface area contributed by atoms with Crippen molar-refractivity contribution in [2.45, 2.75) is 33.0 Å². The number of hydrogen-bond acceptors (Lipinski definition) is 2. The van der Waals surface area contributed by atoms with Crippen molar-refractivity contribution in [1.29, 1.82) is 0 Å². The number of allylic oxidation sites excluding steroid dienone is 2. The van der Waals surface area contributed by atoms with Gasteiger partial charge in [0.2, 0.25) is 0 Å². The molecule has 2 heteroatoms. The zero-order valence-electron chi connectivity index (χ0n) is 8.54. The molecule has 0 aromatic heterocycles. The zero-order chi connectivity index (χ0) is 9.40. The molecule has 0 fully saturated rings. The van der Waals surface area contributed by atoms with Crippen molar-refractivity contribution in [3.05, 3.63) is 12.2 Å². The largest absolute Gasteiger partial charge is 0.356 e. The van der Waals surface area contributed by atoms with E-state index in [2.05, 4.69) is 26.0 Å². The Balaban J connectivity index is 3.68. The number of hydrogen-bond donors (Lipinski definition) is 0. The minimum atomic E-state index is -0.0773. The summed E-state index contributed by atoms with van der Waals surface area (Å²) in [5.41, 5.74) is 0. The van der Waals surface area contributed by atoms with Crippen molar-refractivity contribution in [3.8, 4) is 0 Å². The SMILES string of the molecule is CC/C=C\CC(C)C(OC)OC. The third kappa shape index (κ3) is 4.52. The Labute approximate surface area is 75.6 Å². The summed E-state index contributed by atoms with van der Waals surface area (Å²) < 4.78 is 10.3. The van der Waals surface area contributed by atoms with E-state index in [0.717, 1.165) is 12.8 Å². The van der Waals surface area contributed by atoms with E-state index >= 15 is 0 Å². The van der Waals surface area contributed by atoms with E-state index < -0.39 is 0 Å². The lowest BCUT2D eigenvalue weighted by atomic mass is 10.1. The molecule has 0 radical (unpaired) electrons. The van der Waals surface area contributed by atoms with Gasteiger partial charge in [0.05, 0.1) is 0 Å². The molecule has 2 nitrogen and oxygen atoms in total. The van der Waals surface area contributed by atoms with Crippen LogP contribution in [-0.2, 0) is 9.47 Å². The highest BCUT2D eigenvalue weighted by molar-refractivity contribution is 4.82. The number of rotatable bonds is 6. The van der Waals surface area contributed by atoms with Gasteiger partial charge in [-0.05, 0) is 12.8 Å². The van der Waals surface area contributed by atoms with Crippen molar-refractivity contribution in [3.63, 3.8) is 0 Å². The van der Waals surface area contributed by atoms with Crippen LogP contribution in [0.2, 0.25) is 0 Å². The summed E-state index contributed by atoms with van der Waals surface area (Å²) in [5.74, 6) is 0.419. The summed E-state index contributed by atoms with van der Waals surface area (Å²) in [4.78, 5) is 0. The van der Waals surface area contributed by atoms with Gasteiger partial charge in [0.15, 0.2) is 6.29 Å². The average molecular weight is 172 g/mol. The smallest absolute Gasteiger partial charge is 0.159 e. The monoisotopic (exact) mass is 172 g/mol. The Morgan fingerprint density at radius 3 is 2.17 bits per heavy atom. The Morgan fingerprint density at radius 2 is 1.75 bits per heavy atom. The highest BCUT2D eigenvalue weighted by Gasteiger charge is 2.13. The van der Waals surface area contributed by atoms with Gasteiger partial charge in [0.25, 0.3) is 0 Å². The van der Waals surface area contributed by atoms with Crippen molar-refractivity contribution in [2.24, 2.45) is 5.92 Å². The lowest BCUT2D eigenvalue weighted by Crippen LogP contribution is -2.21. The van der Waals surface area contributed by atoms with E-state index in [1.54, 1.807) is 14.2 Å². The summed E-state index contributed by atoms with van der Waals surface area (Å²) in [5, 5.41) is 0. The van der Waals surface area contributed by atoms with Gasteiger partial charge < -0.3 is 9.47 Å². The fourth-order valence-corrected chi connectivity index (χ4v) is 1.15. The quantitative estimate of drug-likeness (QED) is 0.453. The normalized spacial score (nSPS) is 14.4. The average Bonchev–Trinajstić information content (AvgIpc) is 2.07. The third-order valence-electron chi connectivity index (χ3n) is 1.84. The first-order valence-electron chi connectivity index (χ1n) is 4.46. The number of methoxy groups -OCH3 is 2. The molecule has 0 N–H and O–H groups in total. The number of ether oxygens (including phenoxy) is 2. The van der Waals surface area contributed by atoms with Crippen LogP contribution in [0.25, 0.3) is 0 Å². The molecule has 0 saturated heterocycles. The summed E-state index contributed by atoms with van der Waals surface area (Å²) >= 11 is 0. The second kappa shape index (κ2) is 7.32. The van der Waals surface area contributed by atoms with E-state index in [4.69, 9.17) is 9.47 Å². The molecule has 12 heavy (non-hydrogen) atoms. The maximum atomic E-state index is 5.14. The molecular formula is C10H20O2. The minimum absolute atomic E-state index is 0.0773. The first-order valence-corrected chi connectivity index (χ1v) is 4.46. The van der Waals surface area contributed by atoms with E-state index in [9.17, 15) is 0 Å². The standard InChI is InChI=1S/C10H20O2/c1-5-6-7-8-9(2)10(11-3)12-4/h6-7,9-10H,5,8H2,1-4H3/b7-6-. The lowest BCUT2D eigenvalue weighted by Gasteiger charge is -2.19. The summed E-state index contributed by atoms with van der Waals surface area (Å²) in [6.07, 6.45) is 6.37. The molecule has 0 saturated carbocycles. The molecule has 0 aliphatic rings. The predicted octanol–water partition coefficient (Wildman–Crippen LogP) is 2.60. The van der Waals surface area contributed by atoms with E-state index in [1.807, 2.05) is 0 Å². The summed E-state index contributed by atoms with van der Waals surface area (Å²) in [6.45, 7) is 4.25. The van der Waals surface area contributed by atoms with Crippen LogP contribution in [0.15, 0.2) is 12.2 Å². The van der Waals surface area contributed by atoms with Gasteiger partial charge in [0, 0.05) is 20.1 Å². The second-order valence-electron chi connectivity index (χ2n) is 2.93. The second-order valence-corrected chi connectivity index (χ2v) is 2.93. The zero-order valence-corrected chi connectivity index (χ0v) is 8.54. The van der Waals surface area contributed by atoms with Gasteiger partial charge in [-0.2, -0.15) is 0 Å². The van der Waals surface area contributed by atoms with Crippen LogP contribution in [0, 0.1) is 5.92 Å². The molecule has 0 aromatic carbocycles. The molecule has 0 bridgehead atoms. The lowest BCUT2D eigenvalue weighted by molar-refractivity contribution is -0.132. The fourth-order valence-electron chi connectivity index (χ4n) is 1.15.